The number of rotatable bonds is 2. The van der Waals surface area contributed by atoms with Crippen molar-refractivity contribution in [1.29, 1.82) is 0 Å². The van der Waals surface area contributed by atoms with E-state index in [1.54, 1.807) is 4.90 Å². The zero-order valence-corrected chi connectivity index (χ0v) is 12.1. The number of amides is 1. The number of hydrogen-bond donors (Lipinski definition) is 0. The van der Waals surface area contributed by atoms with E-state index < -0.39 is 0 Å². The van der Waals surface area contributed by atoms with Gasteiger partial charge in [-0.3, -0.25) is 9.69 Å². The number of benzene rings is 1. The van der Waals surface area contributed by atoms with Crippen LogP contribution in [-0.2, 0) is 4.79 Å². The van der Waals surface area contributed by atoms with Gasteiger partial charge in [-0.2, -0.15) is 0 Å². The third-order valence-electron chi connectivity index (χ3n) is 3.19. The molecule has 0 radical (unpaired) electrons. The Morgan fingerprint density at radius 3 is 2.74 bits per heavy atom. The fraction of sp³-hybridized carbons (Fsp3) is 0.286. The first-order valence-corrected chi connectivity index (χ1v) is 7.03. The van der Waals surface area contributed by atoms with Crippen molar-refractivity contribution in [1.82, 2.24) is 5.16 Å². The molecule has 19 heavy (non-hydrogen) atoms. The highest BCUT2D eigenvalue weighted by molar-refractivity contribution is 9.09. The van der Waals surface area contributed by atoms with Crippen molar-refractivity contribution in [2.75, 3.05) is 11.4 Å². The summed E-state index contributed by atoms with van der Waals surface area (Å²) in [5, 5.41) is 4.04. The molecule has 1 aliphatic rings. The molecule has 1 fully saturated rings. The molecule has 5 heteroatoms. The monoisotopic (exact) mass is 320 g/mol. The summed E-state index contributed by atoms with van der Waals surface area (Å²) in [6, 6.07) is 9.86. The summed E-state index contributed by atoms with van der Waals surface area (Å²) in [5.74, 6) is 0.580. The Bertz CT molecular complexity index is 606. The van der Waals surface area contributed by atoms with Gasteiger partial charge in [0.05, 0.1) is 0 Å². The van der Waals surface area contributed by atoms with Gasteiger partial charge in [-0.15, -0.1) is 0 Å². The molecule has 1 aromatic heterocycles. The minimum absolute atomic E-state index is 0.0634. The molecule has 0 N–H and O–H groups in total. The molecule has 0 saturated carbocycles. The number of anilines is 1. The van der Waals surface area contributed by atoms with Crippen LogP contribution in [0, 0.1) is 6.92 Å². The number of carbonyl (C=O) groups excluding carboxylic acids is 1. The molecule has 2 heterocycles. The second kappa shape index (κ2) is 4.81. The average molecular weight is 321 g/mol. The Kier molecular flexibility index (Phi) is 3.14. The van der Waals surface area contributed by atoms with Gasteiger partial charge in [0.2, 0.25) is 11.8 Å². The molecule has 98 valence electrons. The molecular weight excluding hydrogens is 308 g/mol. The average Bonchev–Trinajstić information content (AvgIpc) is 2.97. The van der Waals surface area contributed by atoms with Gasteiger partial charge in [0.1, 0.15) is 5.69 Å². The molecule has 4 nitrogen and oxygen atoms in total. The summed E-state index contributed by atoms with van der Waals surface area (Å²) in [6.07, 6.45) is 0.501. The largest absolute Gasteiger partial charge is 0.338 e. The quantitative estimate of drug-likeness (QED) is 0.798. The molecule has 1 unspecified atom stereocenters. The lowest BCUT2D eigenvalue weighted by atomic mass is 10.1. The third-order valence-corrected chi connectivity index (χ3v) is 3.80. The number of aryl methyl sites for hydroxylation is 1. The van der Waals surface area contributed by atoms with E-state index in [9.17, 15) is 4.79 Å². The van der Waals surface area contributed by atoms with Gasteiger partial charge in [-0.05, 0) is 6.92 Å². The van der Waals surface area contributed by atoms with Gasteiger partial charge in [-0.1, -0.05) is 50.9 Å². The normalized spacial score (nSPS) is 19.2. The number of alkyl halides is 1. The second-order valence-corrected chi connectivity index (χ2v) is 6.02. The molecule has 1 aromatic carbocycles. The summed E-state index contributed by atoms with van der Waals surface area (Å²) < 4.78 is 5.29. The minimum Gasteiger partial charge on any atom is -0.338 e. The van der Waals surface area contributed by atoms with E-state index in [2.05, 4.69) is 21.1 Å². The van der Waals surface area contributed by atoms with E-state index in [0.29, 0.717) is 18.8 Å². The minimum atomic E-state index is 0.0634. The number of nitrogens with zero attached hydrogens (tertiary/aromatic N) is 2. The predicted molar refractivity (Wildman–Crippen MR) is 76.4 cm³/mol. The lowest BCUT2D eigenvalue weighted by molar-refractivity contribution is -0.117. The van der Waals surface area contributed by atoms with Crippen molar-refractivity contribution in [2.45, 2.75) is 18.2 Å². The lowest BCUT2D eigenvalue weighted by Crippen LogP contribution is -2.23. The van der Waals surface area contributed by atoms with Crippen molar-refractivity contribution >= 4 is 27.7 Å². The van der Waals surface area contributed by atoms with Crippen LogP contribution >= 0.6 is 15.9 Å². The number of carbonyl (C=O) groups is 1. The highest BCUT2D eigenvalue weighted by Gasteiger charge is 2.31. The first-order chi connectivity index (χ1) is 9.13. The predicted octanol–water partition coefficient (Wildman–Crippen LogP) is 3.15. The summed E-state index contributed by atoms with van der Waals surface area (Å²) in [6.45, 7) is 2.67. The van der Waals surface area contributed by atoms with Gasteiger partial charge in [0.25, 0.3) is 0 Å². The maximum Gasteiger partial charge on any atom is 0.234 e. The number of aromatic nitrogens is 1. The Balaban J connectivity index is 1.87. The van der Waals surface area contributed by atoms with Gasteiger partial charge in [0.15, 0.2) is 0 Å². The molecule has 1 atom stereocenters. The van der Waals surface area contributed by atoms with Crippen LogP contribution in [0.5, 0.6) is 0 Å². The standard InChI is InChI=1S/C14H13BrN2O2/c1-9-2-4-10(5-3-9)12-7-14(19-16-12)17-8-11(15)6-13(17)18/h2-5,7,11H,6,8H2,1H3. The van der Waals surface area contributed by atoms with E-state index in [0.717, 1.165) is 11.3 Å². The molecule has 1 aliphatic heterocycles. The molecular formula is C14H13BrN2O2. The van der Waals surface area contributed by atoms with Crippen LogP contribution in [0.15, 0.2) is 34.9 Å². The Hall–Kier alpha value is -1.62. The van der Waals surface area contributed by atoms with Gasteiger partial charge >= 0.3 is 0 Å². The third kappa shape index (κ3) is 2.42. The maximum atomic E-state index is 11.8. The smallest absolute Gasteiger partial charge is 0.234 e. The van der Waals surface area contributed by atoms with Crippen molar-refractivity contribution in [3.8, 4) is 11.3 Å². The van der Waals surface area contributed by atoms with Crippen LogP contribution < -0.4 is 4.90 Å². The highest BCUT2D eigenvalue weighted by Crippen LogP contribution is 2.29. The number of halogens is 1. The van der Waals surface area contributed by atoms with Crippen LogP contribution in [0.1, 0.15) is 12.0 Å². The first-order valence-electron chi connectivity index (χ1n) is 6.11. The topological polar surface area (TPSA) is 46.3 Å². The SMILES string of the molecule is Cc1ccc(-c2cc(N3CC(Br)CC3=O)on2)cc1. The van der Waals surface area contributed by atoms with Crippen molar-refractivity contribution in [2.24, 2.45) is 0 Å². The lowest BCUT2D eigenvalue weighted by Gasteiger charge is -2.09. The molecule has 1 amide bonds. The Labute approximate surface area is 119 Å². The van der Waals surface area contributed by atoms with Gasteiger partial charge in [0, 0.05) is 29.4 Å². The van der Waals surface area contributed by atoms with Gasteiger partial charge in [-0.25, -0.2) is 0 Å². The summed E-state index contributed by atoms with van der Waals surface area (Å²) in [7, 11) is 0. The van der Waals surface area contributed by atoms with Crippen LogP contribution in [0.3, 0.4) is 0 Å². The summed E-state index contributed by atoms with van der Waals surface area (Å²) in [4.78, 5) is 13.6. The van der Waals surface area contributed by atoms with Crippen molar-refractivity contribution in [3.63, 3.8) is 0 Å². The van der Waals surface area contributed by atoms with Gasteiger partial charge < -0.3 is 4.52 Å². The summed E-state index contributed by atoms with van der Waals surface area (Å²) >= 11 is 3.45. The number of hydrogen-bond acceptors (Lipinski definition) is 3. The molecule has 2 aromatic rings. The van der Waals surface area contributed by atoms with E-state index in [-0.39, 0.29) is 10.7 Å². The zero-order chi connectivity index (χ0) is 13.4. The van der Waals surface area contributed by atoms with E-state index in [1.807, 2.05) is 37.3 Å². The fourth-order valence-electron chi connectivity index (χ4n) is 2.13. The van der Waals surface area contributed by atoms with E-state index in [4.69, 9.17) is 4.52 Å². The van der Waals surface area contributed by atoms with E-state index in [1.165, 1.54) is 5.56 Å². The highest BCUT2D eigenvalue weighted by atomic mass is 79.9. The fourth-order valence-corrected chi connectivity index (χ4v) is 2.70. The Morgan fingerprint density at radius 1 is 1.37 bits per heavy atom. The first kappa shape index (κ1) is 12.4. The van der Waals surface area contributed by atoms with Crippen LogP contribution in [0.2, 0.25) is 0 Å². The zero-order valence-electron chi connectivity index (χ0n) is 10.5. The van der Waals surface area contributed by atoms with Crippen LogP contribution in [0.4, 0.5) is 5.88 Å². The maximum absolute atomic E-state index is 11.8. The molecule has 0 bridgehead atoms. The van der Waals surface area contributed by atoms with Crippen LogP contribution in [-0.4, -0.2) is 22.4 Å². The molecule has 0 spiro atoms. The van der Waals surface area contributed by atoms with Crippen molar-refractivity contribution < 1.29 is 9.32 Å². The second-order valence-electron chi connectivity index (χ2n) is 4.72. The van der Waals surface area contributed by atoms with E-state index >= 15 is 0 Å². The Morgan fingerprint density at radius 2 is 2.11 bits per heavy atom. The molecule has 0 aliphatic carbocycles. The van der Waals surface area contributed by atoms with Crippen molar-refractivity contribution in [3.05, 3.63) is 35.9 Å². The summed E-state index contributed by atoms with van der Waals surface area (Å²) in [5.41, 5.74) is 2.94. The van der Waals surface area contributed by atoms with Crippen LogP contribution in [0.25, 0.3) is 11.3 Å². The molecule has 1 saturated heterocycles. The molecule has 3 rings (SSSR count).